The van der Waals surface area contributed by atoms with E-state index in [0.717, 1.165) is 56.6 Å². The number of hydrogen-bond donors (Lipinski definition) is 0. The lowest BCUT2D eigenvalue weighted by Gasteiger charge is -2.33. The molecule has 1 aliphatic heterocycles. The van der Waals surface area contributed by atoms with Crippen molar-refractivity contribution in [2.24, 2.45) is 0 Å². The highest BCUT2D eigenvalue weighted by Gasteiger charge is 2.27. The second kappa shape index (κ2) is 8.49. The zero-order chi connectivity index (χ0) is 18.5. The van der Waals surface area contributed by atoms with Gasteiger partial charge in [0.05, 0.1) is 0 Å². The molecule has 0 unspecified atom stereocenters. The van der Waals surface area contributed by atoms with Crippen LogP contribution in [0.5, 0.6) is 0 Å². The summed E-state index contributed by atoms with van der Waals surface area (Å²) in [6.45, 7) is 5.57. The van der Waals surface area contributed by atoms with Crippen LogP contribution in [-0.2, 0) is 13.1 Å². The molecule has 0 N–H and O–H groups in total. The minimum absolute atomic E-state index is 0.169. The van der Waals surface area contributed by atoms with Crippen LogP contribution in [0.4, 0.5) is 0 Å². The molecule has 0 spiro atoms. The predicted octanol–water partition coefficient (Wildman–Crippen LogP) is 3.37. The van der Waals surface area contributed by atoms with Gasteiger partial charge in [-0.1, -0.05) is 25.1 Å². The second-order valence-electron chi connectivity index (χ2n) is 7.44. The maximum atomic E-state index is 13.1. The van der Waals surface area contributed by atoms with Crippen LogP contribution in [0.1, 0.15) is 53.7 Å². The van der Waals surface area contributed by atoms with Gasteiger partial charge in [0, 0.05) is 49.6 Å². The highest BCUT2D eigenvalue weighted by molar-refractivity contribution is 5.95. The summed E-state index contributed by atoms with van der Waals surface area (Å²) in [4.78, 5) is 17.2. The van der Waals surface area contributed by atoms with Gasteiger partial charge >= 0.3 is 0 Å². The molecule has 1 fully saturated rings. The minimum atomic E-state index is 0.169. The topological polar surface area (TPSA) is 41.4 Å². The highest BCUT2D eigenvalue weighted by Crippen LogP contribution is 2.29. The predicted molar refractivity (Wildman–Crippen MR) is 104 cm³/mol. The first-order valence-corrected chi connectivity index (χ1v) is 9.63. The molecular formula is C21H30N4O. The van der Waals surface area contributed by atoms with Crippen LogP contribution >= 0.6 is 0 Å². The number of rotatable bonds is 6. The van der Waals surface area contributed by atoms with E-state index in [1.165, 1.54) is 5.69 Å². The first kappa shape index (κ1) is 18.6. The van der Waals surface area contributed by atoms with E-state index >= 15 is 0 Å². The molecule has 0 atom stereocenters. The van der Waals surface area contributed by atoms with Crippen molar-refractivity contribution in [1.82, 2.24) is 19.6 Å². The Hall–Kier alpha value is -2.14. The van der Waals surface area contributed by atoms with Gasteiger partial charge in [-0.3, -0.25) is 9.48 Å². The number of nitrogens with zero attached hydrogens (tertiary/aromatic N) is 4. The van der Waals surface area contributed by atoms with Crippen LogP contribution in [0, 0.1) is 0 Å². The lowest BCUT2D eigenvalue weighted by atomic mass is 9.92. The molecule has 0 bridgehead atoms. The molecule has 0 radical (unpaired) electrons. The van der Waals surface area contributed by atoms with Gasteiger partial charge in [0.15, 0.2) is 0 Å². The van der Waals surface area contributed by atoms with Crippen molar-refractivity contribution < 1.29 is 4.79 Å². The zero-order valence-electron chi connectivity index (χ0n) is 16.2. The average Bonchev–Trinajstić information content (AvgIpc) is 3.10. The Balaban J connectivity index is 1.67. The van der Waals surface area contributed by atoms with Crippen LogP contribution in [0.25, 0.3) is 0 Å². The maximum Gasteiger partial charge on any atom is 0.254 e. The van der Waals surface area contributed by atoms with Gasteiger partial charge in [-0.25, -0.2) is 0 Å². The number of aryl methyl sites for hydroxylation is 1. The van der Waals surface area contributed by atoms with E-state index in [9.17, 15) is 4.79 Å². The van der Waals surface area contributed by atoms with Crippen molar-refractivity contribution >= 4 is 5.91 Å². The Morgan fingerprint density at radius 3 is 2.62 bits per heavy atom. The molecule has 1 amide bonds. The van der Waals surface area contributed by atoms with E-state index in [1.54, 1.807) is 0 Å². The van der Waals surface area contributed by atoms with Crippen LogP contribution in [-0.4, -0.2) is 52.7 Å². The minimum Gasteiger partial charge on any atom is -0.339 e. The van der Waals surface area contributed by atoms with Crippen molar-refractivity contribution in [1.29, 1.82) is 0 Å². The first-order valence-electron chi connectivity index (χ1n) is 9.63. The molecule has 5 nitrogen and oxygen atoms in total. The number of piperidine rings is 1. The average molecular weight is 354 g/mol. The number of aromatic nitrogens is 2. The molecule has 26 heavy (non-hydrogen) atoms. The molecule has 1 saturated heterocycles. The summed E-state index contributed by atoms with van der Waals surface area (Å²) in [6.07, 6.45) is 5.02. The highest BCUT2D eigenvalue weighted by atomic mass is 16.2. The third-order valence-corrected chi connectivity index (χ3v) is 5.12. The van der Waals surface area contributed by atoms with Crippen LogP contribution < -0.4 is 0 Å². The molecule has 1 aromatic carbocycles. The fourth-order valence-electron chi connectivity index (χ4n) is 3.84. The van der Waals surface area contributed by atoms with Gasteiger partial charge in [0.1, 0.15) is 0 Å². The van der Waals surface area contributed by atoms with Crippen LogP contribution in [0.2, 0.25) is 0 Å². The number of carbonyl (C=O) groups is 1. The summed E-state index contributed by atoms with van der Waals surface area (Å²) in [5, 5.41) is 4.45. The zero-order valence-corrected chi connectivity index (χ0v) is 16.2. The Bertz CT molecular complexity index is 729. The second-order valence-corrected chi connectivity index (χ2v) is 7.44. The van der Waals surface area contributed by atoms with E-state index in [0.29, 0.717) is 5.92 Å². The third-order valence-electron chi connectivity index (χ3n) is 5.12. The lowest BCUT2D eigenvalue weighted by Crippen LogP contribution is -2.38. The summed E-state index contributed by atoms with van der Waals surface area (Å²) in [7, 11) is 4.07. The van der Waals surface area contributed by atoms with Crippen molar-refractivity contribution in [3.8, 4) is 0 Å². The Morgan fingerprint density at radius 2 is 1.92 bits per heavy atom. The Morgan fingerprint density at radius 1 is 1.19 bits per heavy atom. The maximum absolute atomic E-state index is 13.1. The third kappa shape index (κ3) is 4.15. The molecule has 5 heteroatoms. The summed E-state index contributed by atoms with van der Waals surface area (Å²) in [5.41, 5.74) is 3.27. The molecule has 0 aliphatic carbocycles. The molecule has 3 rings (SSSR count). The smallest absolute Gasteiger partial charge is 0.254 e. The number of likely N-dealkylation sites (tertiary alicyclic amines) is 1. The van der Waals surface area contributed by atoms with Crippen molar-refractivity contribution in [2.75, 3.05) is 27.2 Å². The molecule has 140 valence electrons. The van der Waals surface area contributed by atoms with Crippen molar-refractivity contribution in [3.63, 3.8) is 0 Å². The standard InChI is InChI=1S/C21H30N4O/c1-4-13-25-20(9-12-22-25)17-10-14-24(15-11-17)21(26)19-8-6-5-7-18(19)16-23(2)3/h5-9,12,17H,4,10-11,13-16H2,1-3H3. The Kier molecular flexibility index (Phi) is 6.09. The van der Waals surface area contributed by atoms with Gasteiger partial charge < -0.3 is 9.80 Å². The lowest BCUT2D eigenvalue weighted by molar-refractivity contribution is 0.0709. The number of hydrogen-bond acceptors (Lipinski definition) is 3. The number of benzene rings is 1. The van der Waals surface area contributed by atoms with Gasteiger partial charge in [-0.05, 0) is 51.1 Å². The summed E-state index contributed by atoms with van der Waals surface area (Å²) in [6, 6.07) is 10.1. The summed E-state index contributed by atoms with van der Waals surface area (Å²) in [5.74, 6) is 0.674. The van der Waals surface area contributed by atoms with E-state index in [-0.39, 0.29) is 5.91 Å². The van der Waals surface area contributed by atoms with Crippen LogP contribution in [0.3, 0.4) is 0 Å². The van der Waals surface area contributed by atoms with E-state index in [4.69, 9.17) is 0 Å². The Labute approximate surface area is 156 Å². The molecule has 2 aromatic rings. The summed E-state index contributed by atoms with van der Waals surface area (Å²) >= 11 is 0. The first-order chi connectivity index (χ1) is 12.6. The SMILES string of the molecule is CCCn1nccc1C1CCN(C(=O)c2ccccc2CN(C)C)CC1. The fraction of sp³-hybridized carbons (Fsp3) is 0.524. The van der Waals surface area contributed by atoms with Crippen LogP contribution in [0.15, 0.2) is 36.5 Å². The van der Waals surface area contributed by atoms with Gasteiger partial charge in [0.25, 0.3) is 5.91 Å². The fourth-order valence-corrected chi connectivity index (χ4v) is 3.84. The van der Waals surface area contributed by atoms with Crippen molar-refractivity contribution in [3.05, 3.63) is 53.3 Å². The normalized spacial score (nSPS) is 15.6. The molecular weight excluding hydrogens is 324 g/mol. The summed E-state index contributed by atoms with van der Waals surface area (Å²) < 4.78 is 2.13. The largest absolute Gasteiger partial charge is 0.339 e. The molecule has 1 aromatic heterocycles. The van der Waals surface area contributed by atoms with E-state index < -0.39 is 0 Å². The van der Waals surface area contributed by atoms with Gasteiger partial charge in [-0.2, -0.15) is 5.10 Å². The van der Waals surface area contributed by atoms with Gasteiger partial charge in [-0.15, -0.1) is 0 Å². The van der Waals surface area contributed by atoms with Gasteiger partial charge in [0.2, 0.25) is 0 Å². The molecule has 1 aliphatic rings. The van der Waals surface area contributed by atoms with Crippen molar-refractivity contribution in [2.45, 2.75) is 45.2 Å². The number of amides is 1. The monoisotopic (exact) mass is 354 g/mol. The van der Waals surface area contributed by atoms with E-state index in [1.807, 2.05) is 43.4 Å². The van der Waals surface area contributed by atoms with E-state index in [2.05, 4.69) is 33.7 Å². The quantitative estimate of drug-likeness (QED) is 0.799. The molecule has 0 saturated carbocycles. The molecule has 2 heterocycles. The number of carbonyl (C=O) groups excluding carboxylic acids is 1.